The van der Waals surface area contributed by atoms with Crippen LogP contribution >= 0.6 is 23.4 Å². The molecule has 0 saturated carbocycles. The molecule has 0 atom stereocenters. The average Bonchev–Trinajstić information content (AvgIpc) is 3.33. The van der Waals surface area contributed by atoms with Crippen LogP contribution in [0.2, 0.25) is 5.02 Å². The van der Waals surface area contributed by atoms with Gasteiger partial charge in [0.1, 0.15) is 11.5 Å². The summed E-state index contributed by atoms with van der Waals surface area (Å²) in [6, 6.07) is 17.4. The lowest BCUT2D eigenvalue weighted by Crippen LogP contribution is -2.00. The molecule has 6 nitrogen and oxygen atoms in total. The van der Waals surface area contributed by atoms with Crippen molar-refractivity contribution < 1.29 is 9.26 Å². The molecular formula is C21H19ClN4O2S. The molecule has 0 N–H and O–H groups in total. The first-order valence-corrected chi connectivity index (χ1v) is 10.5. The van der Waals surface area contributed by atoms with Gasteiger partial charge in [-0.3, -0.25) is 4.57 Å². The lowest BCUT2D eigenvalue weighted by Gasteiger charge is -2.11. The van der Waals surface area contributed by atoms with Crippen molar-refractivity contribution >= 4 is 23.4 Å². The van der Waals surface area contributed by atoms with E-state index in [2.05, 4.69) is 15.4 Å². The highest BCUT2D eigenvalue weighted by Crippen LogP contribution is 2.31. The molecule has 8 heteroatoms. The van der Waals surface area contributed by atoms with Crippen molar-refractivity contribution in [1.29, 1.82) is 0 Å². The highest BCUT2D eigenvalue weighted by atomic mass is 35.5. The molecule has 0 spiro atoms. The van der Waals surface area contributed by atoms with Crippen molar-refractivity contribution in [2.24, 2.45) is 0 Å². The van der Waals surface area contributed by atoms with Gasteiger partial charge in [0.2, 0.25) is 0 Å². The molecular weight excluding hydrogens is 408 g/mol. The molecule has 148 valence electrons. The van der Waals surface area contributed by atoms with E-state index < -0.39 is 0 Å². The first-order chi connectivity index (χ1) is 14.1. The number of nitrogens with zero attached hydrogens (tertiary/aromatic N) is 4. The van der Waals surface area contributed by atoms with Crippen LogP contribution < -0.4 is 4.74 Å². The highest BCUT2D eigenvalue weighted by Gasteiger charge is 2.17. The van der Waals surface area contributed by atoms with E-state index in [9.17, 15) is 0 Å². The maximum absolute atomic E-state index is 6.20. The monoisotopic (exact) mass is 426 g/mol. The Morgan fingerprint density at radius 3 is 2.62 bits per heavy atom. The van der Waals surface area contributed by atoms with Crippen molar-refractivity contribution in [2.45, 2.75) is 24.8 Å². The number of hydrogen-bond donors (Lipinski definition) is 0. The van der Waals surface area contributed by atoms with E-state index >= 15 is 0 Å². The Morgan fingerprint density at radius 1 is 1.10 bits per heavy atom. The highest BCUT2D eigenvalue weighted by molar-refractivity contribution is 7.98. The van der Waals surface area contributed by atoms with E-state index in [0.29, 0.717) is 23.2 Å². The van der Waals surface area contributed by atoms with Crippen LogP contribution in [0.25, 0.3) is 17.1 Å². The van der Waals surface area contributed by atoms with Gasteiger partial charge in [0, 0.05) is 22.3 Å². The van der Waals surface area contributed by atoms with Gasteiger partial charge in [-0.25, -0.2) is 0 Å². The lowest BCUT2D eigenvalue weighted by molar-refractivity contribution is 0.340. The van der Waals surface area contributed by atoms with Crippen LogP contribution in [0, 0.1) is 6.92 Å². The molecule has 0 amide bonds. The summed E-state index contributed by atoms with van der Waals surface area (Å²) in [5.74, 6) is 2.93. The van der Waals surface area contributed by atoms with E-state index in [0.717, 1.165) is 33.6 Å². The Bertz CT molecular complexity index is 1110. The molecule has 0 aliphatic rings. The minimum atomic E-state index is 0.603. The van der Waals surface area contributed by atoms with Gasteiger partial charge in [-0.05, 0) is 50.2 Å². The number of aryl methyl sites for hydroxylation is 1. The van der Waals surface area contributed by atoms with E-state index in [1.807, 2.05) is 73.0 Å². The molecule has 0 aliphatic heterocycles. The minimum Gasteiger partial charge on any atom is -0.494 e. The summed E-state index contributed by atoms with van der Waals surface area (Å²) in [5.41, 5.74) is 2.68. The van der Waals surface area contributed by atoms with Crippen molar-refractivity contribution in [1.82, 2.24) is 19.9 Å². The summed E-state index contributed by atoms with van der Waals surface area (Å²) < 4.78 is 12.9. The van der Waals surface area contributed by atoms with Crippen LogP contribution in [0.3, 0.4) is 0 Å². The zero-order chi connectivity index (χ0) is 20.2. The summed E-state index contributed by atoms with van der Waals surface area (Å²) in [5, 5.41) is 14.2. The minimum absolute atomic E-state index is 0.603. The van der Waals surface area contributed by atoms with Gasteiger partial charge in [0.25, 0.3) is 0 Å². The zero-order valence-electron chi connectivity index (χ0n) is 16.0. The van der Waals surface area contributed by atoms with E-state index in [4.69, 9.17) is 20.9 Å². The maximum atomic E-state index is 6.20. The van der Waals surface area contributed by atoms with Gasteiger partial charge >= 0.3 is 0 Å². The molecule has 0 bridgehead atoms. The summed E-state index contributed by atoms with van der Waals surface area (Å²) in [6.45, 7) is 4.49. The fourth-order valence-electron chi connectivity index (χ4n) is 2.89. The molecule has 0 saturated heterocycles. The summed E-state index contributed by atoms with van der Waals surface area (Å²) in [6.07, 6.45) is 0. The third-order valence-electron chi connectivity index (χ3n) is 4.14. The predicted molar refractivity (Wildman–Crippen MR) is 114 cm³/mol. The molecule has 4 aromatic rings. The lowest BCUT2D eigenvalue weighted by atomic mass is 10.2. The normalized spacial score (nSPS) is 11.0. The summed E-state index contributed by atoms with van der Waals surface area (Å²) in [7, 11) is 0. The maximum Gasteiger partial charge on any atom is 0.196 e. The first-order valence-electron chi connectivity index (χ1n) is 9.13. The standard InChI is InChI=1S/C21H19ClN4O2S/c1-3-27-18-9-7-17(8-10-18)26-20(15-5-4-6-16(22)12-15)23-24-21(26)29-13-19-11-14(2)25-28-19/h4-12H,3,13H2,1-2H3. The van der Waals surface area contributed by atoms with Crippen LogP contribution in [-0.4, -0.2) is 26.5 Å². The number of thioether (sulfide) groups is 1. The van der Waals surface area contributed by atoms with Gasteiger partial charge in [0.15, 0.2) is 11.0 Å². The first kappa shape index (κ1) is 19.5. The van der Waals surface area contributed by atoms with Crippen molar-refractivity contribution in [3.63, 3.8) is 0 Å². The van der Waals surface area contributed by atoms with Crippen LogP contribution in [-0.2, 0) is 5.75 Å². The number of rotatable bonds is 7. The molecule has 2 aromatic carbocycles. The van der Waals surface area contributed by atoms with Gasteiger partial charge < -0.3 is 9.26 Å². The second kappa shape index (κ2) is 8.71. The Hall–Kier alpha value is -2.77. The Morgan fingerprint density at radius 2 is 1.93 bits per heavy atom. The molecule has 0 radical (unpaired) electrons. The molecule has 4 rings (SSSR count). The Labute approximate surface area is 177 Å². The molecule has 0 unspecified atom stereocenters. The van der Waals surface area contributed by atoms with Crippen molar-refractivity contribution in [3.05, 3.63) is 71.1 Å². The quantitative estimate of drug-likeness (QED) is 0.359. The molecule has 2 heterocycles. The van der Waals surface area contributed by atoms with Crippen LogP contribution in [0.4, 0.5) is 0 Å². The van der Waals surface area contributed by atoms with Gasteiger partial charge in [-0.15, -0.1) is 10.2 Å². The fraction of sp³-hybridized carbons (Fsp3) is 0.190. The SMILES string of the molecule is CCOc1ccc(-n2c(SCc3cc(C)no3)nnc2-c2cccc(Cl)c2)cc1. The largest absolute Gasteiger partial charge is 0.494 e. The molecule has 0 aliphatic carbocycles. The topological polar surface area (TPSA) is 66.0 Å². The number of halogens is 1. The summed E-state index contributed by atoms with van der Waals surface area (Å²) in [4.78, 5) is 0. The molecule has 0 fully saturated rings. The fourth-order valence-corrected chi connectivity index (χ4v) is 3.91. The van der Waals surface area contributed by atoms with Crippen LogP contribution in [0.5, 0.6) is 5.75 Å². The number of ether oxygens (including phenoxy) is 1. The Balaban J connectivity index is 1.72. The molecule has 2 aromatic heterocycles. The van der Waals surface area contributed by atoms with Crippen molar-refractivity contribution in [2.75, 3.05) is 6.61 Å². The smallest absolute Gasteiger partial charge is 0.196 e. The number of hydrogen-bond acceptors (Lipinski definition) is 6. The number of aromatic nitrogens is 4. The van der Waals surface area contributed by atoms with Gasteiger partial charge in [0.05, 0.1) is 18.1 Å². The zero-order valence-corrected chi connectivity index (χ0v) is 17.6. The van der Waals surface area contributed by atoms with Gasteiger partial charge in [-0.1, -0.05) is 40.7 Å². The van der Waals surface area contributed by atoms with Gasteiger partial charge in [-0.2, -0.15) is 0 Å². The van der Waals surface area contributed by atoms with E-state index in [1.54, 1.807) is 0 Å². The number of benzene rings is 2. The third kappa shape index (κ3) is 4.46. The van der Waals surface area contributed by atoms with Crippen LogP contribution in [0.15, 0.2) is 64.3 Å². The van der Waals surface area contributed by atoms with Crippen molar-refractivity contribution in [3.8, 4) is 22.8 Å². The van der Waals surface area contributed by atoms with E-state index in [1.165, 1.54) is 11.8 Å². The molecule has 29 heavy (non-hydrogen) atoms. The predicted octanol–water partition coefficient (Wildman–Crippen LogP) is 5.58. The summed E-state index contributed by atoms with van der Waals surface area (Å²) >= 11 is 7.73. The average molecular weight is 427 g/mol. The second-order valence-electron chi connectivity index (χ2n) is 6.30. The third-order valence-corrected chi connectivity index (χ3v) is 5.33. The Kier molecular flexibility index (Phi) is 5.87. The second-order valence-corrected chi connectivity index (χ2v) is 7.68. The van der Waals surface area contributed by atoms with E-state index in [-0.39, 0.29) is 0 Å². The van der Waals surface area contributed by atoms with Crippen LogP contribution in [0.1, 0.15) is 18.4 Å².